The molecule has 0 saturated heterocycles. The summed E-state index contributed by atoms with van der Waals surface area (Å²) in [7, 11) is 1.59. The highest BCUT2D eigenvalue weighted by Gasteiger charge is 2.07. The molecule has 0 atom stereocenters. The summed E-state index contributed by atoms with van der Waals surface area (Å²) in [6.45, 7) is 3.90. The van der Waals surface area contributed by atoms with Gasteiger partial charge in [0.15, 0.2) is 0 Å². The van der Waals surface area contributed by atoms with Crippen molar-refractivity contribution in [3.8, 4) is 11.5 Å². The summed E-state index contributed by atoms with van der Waals surface area (Å²) in [5.41, 5.74) is 2.71. The summed E-state index contributed by atoms with van der Waals surface area (Å²) in [5, 5.41) is 2.67. The number of anilines is 1. The fourth-order valence-electron chi connectivity index (χ4n) is 1.83. The van der Waals surface area contributed by atoms with E-state index in [1.165, 1.54) is 0 Å². The first-order valence-electron chi connectivity index (χ1n) is 6.28. The molecule has 1 N–H and O–H groups in total. The van der Waals surface area contributed by atoms with E-state index >= 15 is 0 Å². The van der Waals surface area contributed by atoms with E-state index in [4.69, 9.17) is 9.47 Å². The molecule has 4 heteroatoms. The molecule has 0 radical (unpaired) electrons. The molecule has 0 aliphatic heterocycles. The molecule has 20 heavy (non-hydrogen) atoms. The minimum Gasteiger partial charge on any atom is -0.497 e. The molecular weight excluding hydrogens is 254 g/mol. The van der Waals surface area contributed by atoms with Gasteiger partial charge in [0.2, 0.25) is 0 Å². The first kappa shape index (κ1) is 13.9. The van der Waals surface area contributed by atoms with Crippen LogP contribution in [0.1, 0.15) is 11.1 Å². The maximum atomic E-state index is 11.8. The van der Waals surface area contributed by atoms with Crippen molar-refractivity contribution in [2.75, 3.05) is 12.4 Å². The second-order valence-corrected chi connectivity index (χ2v) is 4.51. The third-order valence-corrected chi connectivity index (χ3v) is 2.87. The first-order valence-corrected chi connectivity index (χ1v) is 6.28. The third kappa shape index (κ3) is 3.51. The lowest BCUT2D eigenvalue weighted by molar-refractivity contribution is 0.215. The van der Waals surface area contributed by atoms with Crippen molar-refractivity contribution in [3.63, 3.8) is 0 Å². The summed E-state index contributed by atoms with van der Waals surface area (Å²) >= 11 is 0. The quantitative estimate of drug-likeness (QED) is 0.920. The Labute approximate surface area is 118 Å². The average molecular weight is 271 g/mol. The minimum absolute atomic E-state index is 0.512. The summed E-state index contributed by atoms with van der Waals surface area (Å²) in [5.74, 6) is 1.29. The molecule has 0 heterocycles. The molecule has 2 aromatic rings. The number of rotatable bonds is 3. The number of hydrogen-bond donors (Lipinski definition) is 1. The fraction of sp³-hybridized carbons (Fsp3) is 0.188. The van der Waals surface area contributed by atoms with Gasteiger partial charge in [-0.25, -0.2) is 4.79 Å². The molecule has 0 spiro atoms. The maximum absolute atomic E-state index is 11.8. The lowest BCUT2D eigenvalue weighted by Gasteiger charge is -2.09. The van der Waals surface area contributed by atoms with Crippen molar-refractivity contribution in [2.24, 2.45) is 0 Å². The SMILES string of the molecule is COc1ccc(NC(=O)Oc2ccc(C)cc2C)cc1. The molecule has 0 aliphatic carbocycles. The van der Waals surface area contributed by atoms with Crippen LogP contribution in [0.25, 0.3) is 0 Å². The number of hydrogen-bond acceptors (Lipinski definition) is 3. The zero-order valence-corrected chi connectivity index (χ0v) is 11.8. The molecule has 0 aromatic heterocycles. The maximum Gasteiger partial charge on any atom is 0.417 e. The smallest absolute Gasteiger partial charge is 0.417 e. The van der Waals surface area contributed by atoms with Crippen LogP contribution < -0.4 is 14.8 Å². The Hall–Kier alpha value is -2.49. The average Bonchev–Trinajstić information content (AvgIpc) is 2.43. The van der Waals surface area contributed by atoms with Gasteiger partial charge in [-0.05, 0) is 49.7 Å². The van der Waals surface area contributed by atoms with Gasteiger partial charge < -0.3 is 9.47 Å². The summed E-state index contributed by atoms with van der Waals surface area (Å²) in [6, 6.07) is 12.7. The highest BCUT2D eigenvalue weighted by Crippen LogP contribution is 2.20. The van der Waals surface area contributed by atoms with Gasteiger partial charge in [-0.1, -0.05) is 17.7 Å². The Morgan fingerprint density at radius 1 is 1.05 bits per heavy atom. The molecule has 4 nitrogen and oxygen atoms in total. The van der Waals surface area contributed by atoms with E-state index in [-0.39, 0.29) is 0 Å². The molecule has 104 valence electrons. The fourth-order valence-corrected chi connectivity index (χ4v) is 1.83. The van der Waals surface area contributed by atoms with E-state index < -0.39 is 6.09 Å². The van der Waals surface area contributed by atoms with Crippen molar-refractivity contribution >= 4 is 11.8 Å². The molecule has 0 fully saturated rings. The number of nitrogens with one attached hydrogen (secondary N) is 1. The Balaban J connectivity index is 2.01. The molecular formula is C16H17NO3. The zero-order valence-electron chi connectivity index (χ0n) is 11.8. The number of carbonyl (C=O) groups is 1. The van der Waals surface area contributed by atoms with Gasteiger partial charge in [-0.2, -0.15) is 0 Å². The third-order valence-electron chi connectivity index (χ3n) is 2.87. The number of amides is 1. The van der Waals surface area contributed by atoms with Crippen LogP contribution in [-0.2, 0) is 0 Å². The molecule has 0 saturated carbocycles. The lowest BCUT2D eigenvalue weighted by atomic mass is 10.1. The Bertz CT molecular complexity index is 606. The van der Waals surface area contributed by atoms with Crippen LogP contribution in [0.3, 0.4) is 0 Å². The second-order valence-electron chi connectivity index (χ2n) is 4.51. The van der Waals surface area contributed by atoms with Gasteiger partial charge in [0.25, 0.3) is 0 Å². The minimum atomic E-state index is -0.512. The molecule has 0 unspecified atom stereocenters. The Morgan fingerprint density at radius 3 is 2.35 bits per heavy atom. The summed E-state index contributed by atoms with van der Waals surface area (Å²) < 4.78 is 10.3. The van der Waals surface area contributed by atoms with Crippen LogP contribution in [-0.4, -0.2) is 13.2 Å². The van der Waals surface area contributed by atoms with Gasteiger partial charge >= 0.3 is 6.09 Å². The van der Waals surface area contributed by atoms with Crippen LogP contribution in [0.15, 0.2) is 42.5 Å². The van der Waals surface area contributed by atoms with Crippen LogP contribution >= 0.6 is 0 Å². The largest absolute Gasteiger partial charge is 0.497 e. The monoisotopic (exact) mass is 271 g/mol. The normalized spacial score (nSPS) is 9.95. The van der Waals surface area contributed by atoms with E-state index in [1.54, 1.807) is 37.4 Å². The zero-order chi connectivity index (χ0) is 14.5. The second kappa shape index (κ2) is 6.10. The predicted molar refractivity (Wildman–Crippen MR) is 78.6 cm³/mol. The van der Waals surface area contributed by atoms with E-state index in [9.17, 15) is 4.79 Å². The van der Waals surface area contributed by atoms with E-state index in [0.29, 0.717) is 11.4 Å². The van der Waals surface area contributed by atoms with Gasteiger partial charge in [0.05, 0.1) is 7.11 Å². The molecule has 1 amide bonds. The van der Waals surface area contributed by atoms with Crippen molar-refractivity contribution in [1.82, 2.24) is 0 Å². The van der Waals surface area contributed by atoms with Crippen molar-refractivity contribution in [1.29, 1.82) is 0 Å². The summed E-state index contributed by atoms with van der Waals surface area (Å²) in [6.07, 6.45) is -0.512. The lowest BCUT2D eigenvalue weighted by Crippen LogP contribution is -2.17. The van der Waals surface area contributed by atoms with Crippen molar-refractivity contribution in [3.05, 3.63) is 53.6 Å². The highest BCUT2D eigenvalue weighted by molar-refractivity contribution is 5.86. The number of carbonyl (C=O) groups excluding carboxylic acids is 1. The Morgan fingerprint density at radius 2 is 1.75 bits per heavy atom. The molecule has 0 bridgehead atoms. The van der Waals surface area contributed by atoms with E-state index in [2.05, 4.69) is 5.32 Å². The van der Waals surface area contributed by atoms with Crippen LogP contribution in [0.5, 0.6) is 11.5 Å². The first-order chi connectivity index (χ1) is 9.58. The standard InChI is InChI=1S/C16H17NO3/c1-11-4-9-15(12(2)10-11)20-16(18)17-13-5-7-14(19-3)8-6-13/h4-10H,1-3H3,(H,17,18). The molecule has 2 rings (SSSR count). The topological polar surface area (TPSA) is 47.6 Å². The number of ether oxygens (including phenoxy) is 2. The predicted octanol–water partition coefficient (Wildman–Crippen LogP) is 3.92. The van der Waals surface area contributed by atoms with Crippen LogP contribution in [0.2, 0.25) is 0 Å². The number of benzene rings is 2. The van der Waals surface area contributed by atoms with Crippen LogP contribution in [0.4, 0.5) is 10.5 Å². The van der Waals surface area contributed by atoms with Gasteiger partial charge in [0, 0.05) is 5.69 Å². The summed E-state index contributed by atoms with van der Waals surface area (Å²) in [4.78, 5) is 11.8. The Kier molecular flexibility index (Phi) is 4.25. The van der Waals surface area contributed by atoms with Crippen molar-refractivity contribution < 1.29 is 14.3 Å². The van der Waals surface area contributed by atoms with E-state index in [1.807, 2.05) is 26.0 Å². The van der Waals surface area contributed by atoms with Gasteiger partial charge in [0.1, 0.15) is 11.5 Å². The van der Waals surface area contributed by atoms with E-state index in [0.717, 1.165) is 16.9 Å². The number of methoxy groups -OCH3 is 1. The van der Waals surface area contributed by atoms with Gasteiger partial charge in [-0.15, -0.1) is 0 Å². The van der Waals surface area contributed by atoms with Crippen LogP contribution in [0, 0.1) is 13.8 Å². The van der Waals surface area contributed by atoms with Gasteiger partial charge in [-0.3, -0.25) is 5.32 Å². The highest BCUT2D eigenvalue weighted by atomic mass is 16.6. The molecule has 2 aromatic carbocycles. The number of aryl methyl sites for hydroxylation is 2. The van der Waals surface area contributed by atoms with Crippen molar-refractivity contribution in [2.45, 2.75) is 13.8 Å². The molecule has 0 aliphatic rings.